The Kier molecular flexibility index (Phi) is 5.10. The second kappa shape index (κ2) is 6.87. The molecule has 0 bridgehead atoms. The van der Waals surface area contributed by atoms with Crippen LogP contribution in [0.1, 0.15) is 13.8 Å². The highest BCUT2D eigenvalue weighted by Gasteiger charge is 2.17. The van der Waals surface area contributed by atoms with Gasteiger partial charge in [-0.15, -0.1) is 0 Å². The van der Waals surface area contributed by atoms with E-state index in [0.717, 1.165) is 12.1 Å². The van der Waals surface area contributed by atoms with Crippen LogP contribution in [0.25, 0.3) is 0 Å². The number of anilines is 1. The van der Waals surface area contributed by atoms with Crippen LogP contribution in [0, 0.1) is 5.82 Å². The first-order valence-corrected chi connectivity index (χ1v) is 8.43. The average Bonchev–Trinajstić information content (AvgIpc) is 2.48. The van der Waals surface area contributed by atoms with Crippen molar-refractivity contribution in [2.75, 3.05) is 11.8 Å². The van der Waals surface area contributed by atoms with Gasteiger partial charge in [-0.1, -0.05) is 0 Å². The Morgan fingerprint density at radius 1 is 1.09 bits per heavy atom. The van der Waals surface area contributed by atoms with Gasteiger partial charge in [-0.3, -0.25) is 4.72 Å². The van der Waals surface area contributed by atoms with Crippen molar-refractivity contribution in [3.8, 4) is 11.5 Å². The number of halogens is 1. The number of ether oxygens (including phenoxy) is 2. The molecule has 0 aromatic heterocycles. The van der Waals surface area contributed by atoms with Crippen LogP contribution >= 0.6 is 0 Å². The second-order valence-electron chi connectivity index (χ2n) is 5.09. The summed E-state index contributed by atoms with van der Waals surface area (Å²) in [4.78, 5) is -0.0849. The summed E-state index contributed by atoms with van der Waals surface area (Å²) < 4.78 is 50.7. The Hall–Kier alpha value is -2.28. The average molecular weight is 339 g/mol. The first-order chi connectivity index (χ1) is 10.8. The zero-order chi connectivity index (χ0) is 17.0. The number of sulfonamides is 1. The maximum Gasteiger partial charge on any atom is 0.262 e. The molecule has 2 aromatic carbocycles. The van der Waals surface area contributed by atoms with Gasteiger partial charge in [-0.2, -0.15) is 0 Å². The number of methoxy groups -OCH3 is 1. The van der Waals surface area contributed by atoms with E-state index in [1.54, 1.807) is 24.3 Å². The third-order valence-electron chi connectivity index (χ3n) is 2.91. The summed E-state index contributed by atoms with van der Waals surface area (Å²) in [5.41, 5.74) is 0.379. The van der Waals surface area contributed by atoms with Gasteiger partial charge in [0.25, 0.3) is 10.0 Å². The van der Waals surface area contributed by atoms with Crippen molar-refractivity contribution in [2.45, 2.75) is 24.8 Å². The number of nitrogens with one attached hydrogen (secondary N) is 1. The van der Waals surface area contributed by atoms with E-state index in [2.05, 4.69) is 4.72 Å². The van der Waals surface area contributed by atoms with Crippen molar-refractivity contribution in [3.05, 3.63) is 48.3 Å². The van der Waals surface area contributed by atoms with E-state index >= 15 is 0 Å². The highest BCUT2D eigenvalue weighted by Crippen LogP contribution is 2.24. The predicted octanol–water partition coefficient (Wildman–Crippen LogP) is 3.42. The molecule has 2 aromatic rings. The lowest BCUT2D eigenvalue weighted by Crippen LogP contribution is -2.13. The highest BCUT2D eigenvalue weighted by molar-refractivity contribution is 7.92. The minimum atomic E-state index is -3.84. The van der Waals surface area contributed by atoms with Crippen molar-refractivity contribution >= 4 is 15.7 Å². The zero-order valence-corrected chi connectivity index (χ0v) is 13.9. The van der Waals surface area contributed by atoms with E-state index in [-0.39, 0.29) is 16.7 Å². The Balaban J connectivity index is 2.21. The molecule has 0 heterocycles. The summed E-state index contributed by atoms with van der Waals surface area (Å²) >= 11 is 0. The topological polar surface area (TPSA) is 64.6 Å². The monoisotopic (exact) mass is 339 g/mol. The van der Waals surface area contributed by atoms with Crippen LogP contribution in [0.3, 0.4) is 0 Å². The van der Waals surface area contributed by atoms with E-state index in [9.17, 15) is 12.8 Å². The maximum atomic E-state index is 13.4. The first kappa shape index (κ1) is 17.1. The van der Waals surface area contributed by atoms with Gasteiger partial charge in [0.1, 0.15) is 5.75 Å². The molecule has 5 nitrogen and oxygen atoms in total. The van der Waals surface area contributed by atoms with E-state index in [4.69, 9.17) is 9.47 Å². The lowest BCUT2D eigenvalue weighted by atomic mass is 10.3. The van der Waals surface area contributed by atoms with Gasteiger partial charge in [0.05, 0.1) is 18.1 Å². The SMILES string of the molecule is COc1cc(S(=O)(=O)Nc2ccc(OC(C)C)cc2)ccc1F. The number of hydrogen-bond donors (Lipinski definition) is 1. The standard InChI is InChI=1S/C16H18FNO4S/c1-11(2)22-13-6-4-12(5-7-13)18-23(19,20)14-8-9-15(17)16(10-14)21-3/h4-11,18H,1-3H3. The molecule has 0 unspecified atom stereocenters. The van der Waals surface area contributed by atoms with Crippen LogP contribution in [0.2, 0.25) is 0 Å². The second-order valence-corrected chi connectivity index (χ2v) is 6.78. The van der Waals surface area contributed by atoms with Gasteiger partial charge < -0.3 is 9.47 Å². The van der Waals surface area contributed by atoms with Crippen molar-refractivity contribution in [1.29, 1.82) is 0 Å². The normalized spacial score (nSPS) is 11.3. The van der Waals surface area contributed by atoms with E-state index in [0.29, 0.717) is 11.4 Å². The van der Waals surface area contributed by atoms with Crippen molar-refractivity contribution in [2.24, 2.45) is 0 Å². The highest BCUT2D eigenvalue weighted by atomic mass is 32.2. The minimum absolute atomic E-state index is 0.0317. The van der Waals surface area contributed by atoms with Crippen molar-refractivity contribution in [3.63, 3.8) is 0 Å². The van der Waals surface area contributed by atoms with Gasteiger partial charge in [0.15, 0.2) is 11.6 Å². The maximum absolute atomic E-state index is 13.4. The lowest BCUT2D eigenvalue weighted by molar-refractivity contribution is 0.242. The fraction of sp³-hybridized carbons (Fsp3) is 0.250. The summed E-state index contributed by atoms with van der Waals surface area (Å²) in [5, 5.41) is 0. The van der Waals surface area contributed by atoms with Crippen molar-refractivity contribution < 1.29 is 22.3 Å². The van der Waals surface area contributed by atoms with E-state index in [1.807, 2.05) is 13.8 Å². The Labute approximate surface area is 135 Å². The predicted molar refractivity (Wildman–Crippen MR) is 86.0 cm³/mol. The van der Waals surface area contributed by atoms with Crippen LogP contribution in [-0.2, 0) is 10.0 Å². The Morgan fingerprint density at radius 3 is 2.30 bits per heavy atom. The summed E-state index contributed by atoms with van der Waals surface area (Å²) in [5.74, 6) is -0.110. The smallest absolute Gasteiger partial charge is 0.262 e. The zero-order valence-electron chi connectivity index (χ0n) is 13.0. The number of benzene rings is 2. The molecule has 124 valence electrons. The third kappa shape index (κ3) is 4.35. The fourth-order valence-corrected chi connectivity index (χ4v) is 2.97. The summed E-state index contributed by atoms with van der Waals surface area (Å²) in [7, 11) is -2.56. The first-order valence-electron chi connectivity index (χ1n) is 6.95. The molecule has 2 rings (SSSR count). The van der Waals surface area contributed by atoms with Crippen molar-refractivity contribution in [1.82, 2.24) is 0 Å². The summed E-state index contributed by atoms with van der Waals surface area (Å²) in [6, 6.07) is 9.88. The quantitative estimate of drug-likeness (QED) is 0.876. The largest absolute Gasteiger partial charge is 0.494 e. The third-order valence-corrected chi connectivity index (χ3v) is 4.29. The molecular formula is C16H18FNO4S. The van der Waals surface area contributed by atoms with E-state index < -0.39 is 15.8 Å². The molecule has 23 heavy (non-hydrogen) atoms. The summed E-state index contributed by atoms with van der Waals surface area (Å²) in [6.07, 6.45) is 0.0317. The van der Waals surface area contributed by atoms with Crippen LogP contribution in [0.5, 0.6) is 11.5 Å². The Bertz CT molecular complexity index is 773. The molecule has 0 saturated carbocycles. The molecule has 0 aliphatic heterocycles. The summed E-state index contributed by atoms with van der Waals surface area (Å²) in [6.45, 7) is 3.80. The van der Waals surface area contributed by atoms with Crippen LogP contribution in [0.15, 0.2) is 47.4 Å². The molecule has 0 radical (unpaired) electrons. The number of hydrogen-bond acceptors (Lipinski definition) is 4. The Morgan fingerprint density at radius 2 is 1.74 bits per heavy atom. The molecule has 0 saturated heterocycles. The molecular weight excluding hydrogens is 321 g/mol. The fourth-order valence-electron chi connectivity index (χ4n) is 1.90. The van der Waals surface area contributed by atoms with Gasteiger partial charge >= 0.3 is 0 Å². The van der Waals surface area contributed by atoms with E-state index in [1.165, 1.54) is 13.2 Å². The molecule has 7 heteroatoms. The van der Waals surface area contributed by atoms with Gasteiger partial charge in [-0.25, -0.2) is 12.8 Å². The van der Waals surface area contributed by atoms with Crippen LogP contribution in [0.4, 0.5) is 10.1 Å². The molecule has 0 fully saturated rings. The van der Waals surface area contributed by atoms with Crippen LogP contribution < -0.4 is 14.2 Å². The molecule has 1 N–H and O–H groups in total. The van der Waals surface area contributed by atoms with Gasteiger partial charge in [0.2, 0.25) is 0 Å². The molecule has 0 spiro atoms. The van der Waals surface area contributed by atoms with Gasteiger partial charge in [-0.05, 0) is 50.2 Å². The molecule has 0 atom stereocenters. The van der Waals surface area contributed by atoms with Gasteiger partial charge in [0, 0.05) is 11.8 Å². The molecule has 0 aliphatic rings. The molecule has 0 amide bonds. The van der Waals surface area contributed by atoms with Crippen LogP contribution in [-0.4, -0.2) is 21.6 Å². The minimum Gasteiger partial charge on any atom is -0.494 e. The number of rotatable bonds is 6. The molecule has 0 aliphatic carbocycles. The lowest BCUT2D eigenvalue weighted by Gasteiger charge is -2.12.